The molecule has 2 rings (SSSR count). The van der Waals surface area contributed by atoms with Crippen LogP contribution in [0.2, 0.25) is 0 Å². The molecule has 0 radical (unpaired) electrons. The van der Waals surface area contributed by atoms with Gasteiger partial charge in [-0.3, -0.25) is 4.90 Å². The van der Waals surface area contributed by atoms with Crippen molar-refractivity contribution in [3.05, 3.63) is 35.9 Å². The van der Waals surface area contributed by atoms with Crippen molar-refractivity contribution in [1.29, 1.82) is 0 Å². The molecule has 2 unspecified atom stereocenters. The summed E-state index contributed by atoms with van der Waals surface area (Å²) in [6.45, 7) is 10.5. The second-order valence-corrected chi connectivity index (χ2v) is 6.30. The van der Waals surface area contributed by atoms with Crippen molar-refractivity contribution in [1.82, 2.24) is 10.2 Å². The lowest BCUT2D eigenvalue weighted by Crippen LogP contribution is -2.49. The van der Waals surface area contributed by atoms with E-state index in [9.17, 15) is 0 Å². The Hall–Kier alpha value is -0.860. The summed E-state index contributed by atoms with van der Waals surface area (Å²) in [5.74, 6) is 0. The van der Waals surface area contributed by atoms with Crippen molar-refractivity contribution in [2.24, 2.45) is 0 Å². The molecular weight excluding hydrogens is 244 g/mol. The van der Waals surface area contributed by atoms with Crippen LogP contribution in [-0.4, -0.2) is 30.6 Å². The Labute approximate surface area is 124 Å². The molecule has 112 valence electrons. The van der Waals surface area contributed by atoms with E-state index in [0.29, 0.717) is 0 Å². The van der Waals surface area contributed by atoms with Gasteiger partial charge in [0.05, 0.1) is 5.54 Å². The molecule has 1 aromatic rings. The summed E-state index contributed by atoms with van der Waals surface area (Å²) in [4.78, 5) is 2.72. The number of benzene rings is 1. The molecule has 2 heteroatoms. The summed E-state index contributed by atoms with van der Waals surface area (Å²) < 4.78 is 0. The molecule has 1 aromatic carbocycles. The predicted octanol–water partition coefficient (Wildman–Crippen LogP) is 3.78. The minimum absolute atomic E-state index is 0.0823. The molecule has 2 atom stereocenters. The monoisotopic (exact) mass is 274 g/mol. The SMILES string of the molecule is CCCC(CC)N1CCCNC(C)(c2ccccc2)C1. The Bertz CT molecular complexity index is 390. The Morgan fingerprint density at radius 2 is 2.00 bits per heavy atom. The zero-order valence-electron chi connectivity index (χ0n) is 13.4. The molecule has 0 aromatic heterocycles. The van der Waals surface area contributed by atoms with Crippen molar-refractivity contribution >= 4 is 0 Å². The summed E-state index contributed by atoms with van der Waals surface area (Å²) >= 11 is 0. The maximum Gasteiger partial charge on any atom is 0.0535 e. The fourth-order valence-electron chi connectivity index (χ4n) is 3.48. The summed E-state index contributed by atoms with van der Waals surface area (Å²) in [5, 5.41) is 3.78. The van der Waals surface area contributed by atoms with Gasteiger partial charge in [-0.05, 0) is 44.8 Å². The minimum atomic E-state index is 0.0823. The van der Waals surface area contributed by atoms with Gasteiger partial charge in [0.25, 0.3) is 0 Å². The Balaban J connectivity index is 2.17. The van der Waals surface area contributed by atoms with Gasteiger partial charge in [0, 0.05) is 12.6 Å². The fourth-order valence-corrected chi connectivity index (χ4v) is 3.48. The van der Waals surface area contributed by atoms with Crippen LogP contribution in [0.3, 0.4) is 0 Å². The van der Waals surface area contributed by atoms with E-state index in [4.69, 9.17) is 0 Å². The van der Waals surface area contributed by atoms with Gasteiger partial charge >= 0.3 is 0 Å². The van der Waals surface area contributed by atoms with Crippen LogP contribution in [0.25, 0.3) is 0 Å². The van der Waals surface area contributed by atoms with E-state index < -0.39 is 0 Å². The third-order valence-corrected chi connectivity index (χ3v) is 4.68. The van der Waals surface area contributed by atoms with E-state index in [2.05, 4.69) is 61.3 Å². The highest BCUT2D eigenvalue weighted by Crippen LogP contribution is 2.26. The van der Waals surface area contributed by atoms with E-state index in [1.54, 1.807) is 0 Å². The van der Waals surface area contributed by atoms with Gasteiger partial charge in [0.2, 0.25) is 0 Å². The highest BCUT2D eigenvalue weighted by atomic mass is 15.2. The predicted molar refractivity (Wildman–Crippen MR) is 87.0 cm³/mol. The van der Waals surface area contributed by atoms with Gasteiger partial charge < -0.3 is 5.32 Å². The molecule has 1 aliphatic rings. The number of nitrogens with one attached hydrogen (secondary N) is 1. The van der Waals surface area contributed by atoms with Crippen LogP contribution in [-0.2, 0) is 5.54 Å². The topological polar surface area (TPSA) is 15.3 Å². The maximum absolute atomic E-state index is 3.78. The number of rotatable bonds is 5. The number of hydrogen-bond donors (Lipinski definition) is 1. The first-order chi connectivity index (χ1) is 9.69. The minimum Gasteiger partial charge on any atom is -0.307 e. The van der Waals surface area contributed by atoms with Gasteiger partial charge in [0.15, 0.2) is 0 Å². The van der Waals surface area contributed by atoms with Crippen LogP contribution in [0, 0.1) is 0 Å². The molecule has 20 heavy (non-hydrogen) atoms. The summed E-state index contributed by atoms with van der Waals surface area (Å²) in [5.41, 5.74) is 1.50. The molecule has 1 fully saturated rings. The van der Waals surface area contributed by atoms with Gasteiger partial charge in [-0.2, -0.15) is 0 Å². The lowest BCUT2D eigenvalue weighted by Gasteiger charge is -2.38. The number of nitrogens with zero attached hydrogens (tertiary/aromatic N) is 1. The van der Waals surface area contributed by atoms with Gasteiger partial charge in [-0.1, -0.05) is 50.6 Å². The van der Waals surface area contributed by atoms with Crippen LogP contribution >= 0.6 is 0 Å². The van der Waals surface area contributed by atoms with Crippen molar-refractivity contribution in [3.8, 4) is 0 Å². The van der Waals surface area contributed by atoms with E-state index >= 15 is 0 Å². The lowest BCUT2D eigenvalue weighted by molar-refractivity contribution is 0.149. The van der Waals surface area contributed by atoms with Crippen LogP contribution in [0.1, 0.15) is 52.0 Å². The highest BCUT2D eigenvalue weighted by Gasteiger charge is 2.32. The first-order valence-corrected chi connectivity index (χ1v) is 8.24. The van der Waals surface area contributed by atoms with Crippen LogP contribution in [0.5, 0.6) is 0 Å². The molecule has 1 heterocycles. The average molecular weight is 274 g/mol. The van der Waals surface area contributed by atoms with E-state index in [-0.39, 0.29) is 5.54 Å². The molecule has 0 saturated carbocycles. The van der Waals surface area contributed by atoms with Crippen molar-refractivity contribution < 1.29 is 0 Å². The Kier molecular flexibility index (Phi) is 5.62. The second kappa shape index (κ2) is 7.24. The maximum atomic E-state index is 3.78. The third-order valence-electron chi connectivity index (χ3n) is 4.68. The number of hydrogen-bond acceptors (Lipinski definition) is 2. The van der Waals surface area contributed by atoms with E-state index in [0.717, 1.165) is 19.1 Å². The second-order valence-electron chi connectivity index (χ2n) is 6.30. The van der Waals surface area contributed by atoms with Gasteiger partial charge in [-0.15, -0.1) is 0 Å². The van der Waals surface area contributed by atoms with Crippen molar-refractivity contribution in [3.63, 3.8) is 0 Å². The summed E-state index contributed by atoms with van der Waals surface area (Å²) in [6.07, 6.45) is 5.12. The Morgan fingerprint density at radius 1 is 1.25 bits per heavy atom. The zero-order valence-corrected chi connectivity index (χ0v) is 13.4. The molecule has 0 bridgehead atoms. The van der Waals surface area contributed by atoms with Crippen molar-refractivity contribution in [2.45, 2.75) is 58.0 Å². The van der Waals surface area contributed by atoms with Crippen LogP contribution < -0.4 is 5.32 Å². The quantitative estimate of drug-likeness (QED) is 0.879. The van der Waals surface area contributed by atoms with Gasteiger partial charge in [-0.25, -0.2) is 0 Å². The molecule has 0 spiro atoms. The molecule has 1 N–H and O–H groups in total. The van der Waals surface area contributed by atoms with E-state index in [1.165, 1.54) is 37.8 Å². The summed E-state index contributed by atoms with van der Waals surface area (Å²) in [7, 11) is 0. The highest BCUT2D eigenvalue weighted by molar-refractivity contribution is 5.24. The fraction of sp³-hybridized carbons (Fsp3) is 0.667. The molecule has 1 aliphatic heterocycles. The smallest absolute Gasteiger partial charge is 0.0535 e. The van der Waals surface area contributed by atoms with E-state index in [1.807, 2.05) is 0 Å². The molecule has 0 amide bonds. The molecule has 1 saturated heterocycles. The van der Waals surface area contributed by atoms with Crippen molar-refractivity contribution in [2.75, 3.05) is 19.6 Å². The standard InChI is InChI=1S/C18H30N2/c1-4-10-17(5-2)20-14-9-13-19-18(3,15-20)16-11-7-6-8-12-16/h6-8,11-12,17,19H,4-5,9-10,13-15H2,1-3H3. The van der Waals surface area contributed by atoms with Crippen LogP contribution in [0.4, 0.5) is 0 Å². The van der Waals surface area contributed by atoms with Gasteiger partial charge in [0.1, 0.15) is 0 Å². The zero-order chi connectivity index (χ0) is 14.4. The molecular formula is C18H30N2. The Morgan fingerprint density at radius 3 is 2.65 bits per heavy atom. The molecule has 2 nitrogen and oxygen atoms in total. The molecule has 0 aliphatic carbocycles. The summed E-state index contributed by atoms with van der Waals surface area (Å²) in [6, 6.07) is 11.7. The normalized spacial score (nSPS) is 26.1. The third kappa shape index (κ3) is 3.62. The first-order valence-electron chi connectivity index (χ1n) is 8.24. The largest absolute Gasteiger partial charge is 0.307 e. The van der Waals surface area contributed by atoms with Crippen LogP contribution in [0.15, 0.2) is 30.3 Å². The lowest BCUT2D eigenvalue weighted by atomic mass is 9.90. The first kappa shape index (κ1) is 15.5. The average Bonchev–Trinajstić information content (AvgIpc) is 2.68.